The van der Waals surface area contributed by atoms with Gasteiger partial charge in [-0.2, -0.15) is 4.98 Å². The Morgan fingerprint density at radius 1 is 1.10 bits per heavy atom. The topological polar surface area (TPSA) is 71.3 Å². The van der Waals surface area contributed by atoms with E-state index in [1.807, 2.05) is 75.6 Å². The average Bonchev–Trinajstić information content (AvgIpc) is 3.24. The summed E-state index contributed by atoms with van der Waals surface area (Å²) in [6, 6.07) is 15.7. The van der Waals surface area contributed by atoms with Crippen molar-refractivity contribution in [1.29, 1.82) is 0 Å². The highest BCUT2D eigenvalue weighted by molar-refractivity contribution is 7.98. The normalized spacial score (nSPS) is 16.7. The Balaban J connectivity index is 1.78. The first kappa shape index (κ1) is 20.2. The Labute approximate surface area is 180 Å². The fraction of sp³-hybridized carbons (Fsp3) is 0.261. The highest BCUT2D eigenvalue weighted by Crippen LogP contribution is 2.37. The zero-order valence-corrected chi connectivity index (χ0v) is 18.3. The summed E-state index contributed by atoms with van der Waals surface area (Å²) in [4.78, 5) is 20.2. The standard InChI is InChI=1S/C23H24N4O2S/c1-5-27-15(3)19(20(24-23(27)28)16-8-6-14(2)7-9-16)22-25-21(26-29-22)17-10-12-18(30-4)13-11-17/h6-13,20H,5H2,1-4H3,(H,24,28). The molecule has 1 aromatic heterocycles. The van der Waals surface area contributed by atoms with Gasteiger partial charge in [-0.25, -0.2) is 4.79 Å². The molecule has 1 aliphatic heterocycles. The number of carbonyl (C=O) groups excluding carboxylic acids is 1. The van der Waals surface area contributed by atoms with Crippen molar-refractivity contribution in [2.45, 2.75) is 31.7 Å². The van der Waals surface area contributed by atoms with Crippen LogP contribution >= 0.6 is 11.8 Å². The van der Waals surface area contributed by atoms with Gasteiger partial charge in [0.05, 0.1) is 11.6 Å². The Hall–Kier alpha value is -3.06. The zero-order chi connectivity index (χ0) is 21.3. The van der Waals surface area contributed by atoms with Gasteiger partial charge in [0.1, 0.15) is 0 Å². The van der Waals surface area contributed by atoms with E-state index in [1.165, 1.54) is 4.90 Å². The minimum absolute atomic E-state index is 0.128. The zero-order valence-electron chi connectivity index (χ0n) is 17.5. The lowest BCUT2D eigenvalue weighted by atomic mass is 9.94. The molecule has 154 valence electrons. The molecule has 2 amide bonds. The molecule has 0 spiro atoms. The van der Waals surface area contributed by atoms with Crippen LogP contribution in [0.25, 0.3) is 17.0 Å². The molecule has 2 aromatic carbocycles. The smallest absolute Gasteiger partial charge is 0.322 e. The van der Waals surface area contributed by atoms with Crippen molar-refractivity contribution in [2.24, 2.45) is 0 Å². The molecule has 1 unspecified atom stereocenters. The summed E-state index contributed by atoms with van der Waals surface area (Å²) >= 11 is 1.69. The van der Waals surface area contributed by atoms with Gasteiger partial charge < -0.3 is 9.84 Å². The second-order valence-electron chi connectivity index (χ2n) is 7.19. The minimum Gasteiger partial charge on any atom is -0.334 e. The number of aromatic nitrogens is 2. The van der Waals surface area contributed by atoms with Gasteiger partial charge in [0, 0.05) is 22.7 Å². The Morgan fingerprint density at radius 2 is 1.80 bits per heavy atom. The van der Waals surface area contributed by atoms with Crippen molar-refractivity contribution in [1.82, 2.24) is 20.4 Å². The first-order valence-electron chi connectivity index (χ1n) is 9.85. The van der Waals surface area contributed by atoms with Gasteiger partial charge in [-0.05, 0) is 56.9 Å². The van der Waals surface area contributed by atoms with E-state index < -0.39 is 0 Å². The van der Waals surface area contributed by atoms with E-state index in [1.54, 1.807) is 16.7 Å². The Kier molecular flexibility index (Phi) is 5.63. The maximum Gasteiger partial charge on any atom is 0.322 e. The molecule has 4 rings (SSSR count). The third kappa shape index (κ3) is 3.73. The fourth-order valence-electron chi connectivity index (χ4n) is 3.64. The van der Waals surface area contributed by atoms with Crippen LogP contribution in [0.5, 0.6) is 0 Å². The lowest BCUT2D eigenvalue weighted by molar-refractivity contribution is 0.207. The molecular formula is C23H24N4O2S. The number of hydrogen-bond donors (Lipinski definition) is 1. The molecule has 0 bridgehead atoms. The van der Waals surface area contributed by atoms with E-state index in [4.69, 9.17) is 4.52 Å². The van der Waals surface area contributed by atoms with E-state index in [0.29, 0.717) is 18.3 Å². The van der Waals surface area contributed by atoms with E-state index in [0.717, 1.165) is 28.0 Å². The molecule has 0 aliphatic carbocycles. The number of urea groups is 1. The highest BCUT2D eigenvalue weighted by Gasteiger charge is 2.35. The number of benzene rings is 2. The Morgan fingerprint density at radius 3 is 2.43 bits per heavy atom. The van der Waals surface area contributed by atoms with Crippen LogP contribution in [0.1, 0.15) is 36.9 Å². The predicted octanol–water partition coefficient (Wildman–Crippen LogP) is 5.28. The number of carbonyl (C=O) groups is 1. The predicted molar refractivity (Wildman–Crippen MR) is 119 cm³/mol. The second-order valence-corrected chi connectivity index (χ2v) is 8.07. The molecule has 0 radical (unpaired) electrons. The van der Waals surface area contributed by atoms with Gasteiger partial charge in [-0.15, -0.1) is 11.8 Å². The number of nitrogens with zero attached hydrogens (tertiary/aromatic N) is 3. The molecule has 0 fully saturated rings. The number of rotatable bonds is 5. The van der Waals surface area contributed by atoms with Crippen LogP contribution in [0, 0.1) is 6.92 Å². The van der Waals surface area contributed by atoms with E-state index in [9.17, 15) is 4.79 Å². The lowest BCUT2D eigenvalue weighted by Crippen LogP contribution is -2.45. The fourth-order valence-corrected chi connectivity index (χ4v) is 4.05. The molecular weight excluding hydrogens is 396 g/mol. The first-order valence-corrected chi connectivity index (χ1v) is 11.1. The van der Waals surface area contributed by atoms with Gasteiger partial charge in [-0.3, -0.25) is 4.90 Å². The summed E-state index contributed by atoms with van der Waals surface area (Å²) in [5, 5.41) is 7.30. The van der Waals surface area contributed by atoms with Crippen molar-refractivity contribution in [3.05, 3.63) is 71.2 Å². The molecule has 1 N–H and O–H groups in total. The molecule has 30 heavy (non-hydrogen) atoms. The van der Waals surface area contributed by atoms with Crippen LogP contribution in [-0.4, -0.2) is 33.9 Å². The third-order valence-corrected chi connectivity index (χ3v) is 6.07. The summed E-state index contributed by atoms with van der Waals surface area (Å²) in [7, 11) is 0. The molecule has 1 aliphatic rings. The summed E-state index contributed by atoms with van der Waals surface area (Å²) in [6.07, 6.45) is 2.04. The molecule has 7 heteroatoms. The summed E-state index contributed by atoms with van der Waals surface area (Å²) in [6.45, 7) is 6.46. The highest BCUT2D eigenvalue weighted by atomic mass is 32.2. The SMILES string of the molecule is CCN1C(=O)NC(c2ccc(C)cc2)C(c2nc(-c3ccc(SC)cc3)no2)=C1C. The van der Waals surface area contributed by atoms with Crippen molar-refractivity contribution in [3.8, 4) is 11.4 Å². The third-order valence-electron chi connectivity index (χ3n) is 5.33. The first-order chi connectivity index (χ1) is 14.5. The molecule has 0 saturated heterocycles. The minimum atomic E-state index is -0.354. The quantitative estimate of drug-likeness (QED) is 0.568. The van der Waals surface area contributed by atoms with Gasteiger partial charge >= 0.3 is 6.03 Å². The van der Waals surface area contributed by atoms with Gasteiger partial charge in [0.2, 0.25) is 5.82 Å². The molecule has 1 atom stereocenters. The monoisotopic (exact) mass is 420 g/mol. The molecule has 3 aromatic rings. The van der Waals surface area contributed by atoms with Crippen molar-refractivity contribution < 1.29 is 9.32 Å². The van der Waals surface area contributed by atoms with Crippen LogP contribution in [0.4, 0.5) is 4.79 Å². The van der Waals surface area contributed by atoms with Crippen LogP contribution in [0.3, 0.4) is 0 Å². The van der Waals surface area contributed by atoms with Crippen molar-refractivity contribution >= 4 is 23.4 Å². The van der Waals surface area contributed by atoms with E-state index in [2.05, 4.69) is 15.5 Å². The summed E-state index contributed by atoms with van der Waals surface area (Å²) in [5.74, 6) is 0.945. The molecule has 2 heterocycles. The summed E-state index contributed by atoms with van der Waals surface area (Å²) < 4.78 is 5.69. The van der Waals surface area contributed by atoms with Crippen LogP contribution in [-0.2, 0) is 0 Å². The molecule has 6 nitrogen and oxygen atoms in total. The number of amides is 2. The number of hydrogen-bond acceptors (Lipinski definition) is 5. The number of thioether (sulfide) groups is 1. The van der Waals surface area contributed by atoms with Crippen LogP contribution in [0.2, 0.25) is 0 Å². The number of allylic oxidation sites excluding steroid dienone is 1. The van der Waals surface area contributed by atoms with Gasteiger partial charge in [-0.1, -0.05) is 35.0 Å². The Bertz CT molecular complexity index is 1090. The van der Waals surface area contributed by atoms with E-state index >= 15 is 0 Å². The largest absolute Gasteiger partial charge is 0.334 e. The van der Waals surface area contributed by atoms with Crippen molar-refractivity contribution in [3.63, 3.8) is 0 Å². The van der Waals surface area contributed by atoms with Crippen LogP contribution < -0.4 is 5.32 Å². The second kappa shape index (κ2) is 8.36. The average molecular weight is 421 g/mol. The maximum absolute atomic E-state index is 12.7. The summed E-state index contributed by atoms with van der Waals surface area (Å²) in [5.41, 5.74) is 4.66. The maximum atomic E-state index is 12.7. The molecule has 0 saturated carbocycles. The number of aryl methyl sites for hydroxylation is 1. The van der Waals surface area contributed by atoms with Crippen molar-refractivity contribution in [2.75, 3.05) is 12.8 Å². The number of nitrogens with one attached hydrogen (secondary N) is 1. The lowest BCUT2D eigenvalue weighted by Gasteiger charge is -2.34. The van der Waals surface area contributed by atoms with Gasteiger partial charge in [0.25, 0.3) is 5.89 Å². The van der Waals surface area contributed by atoms with Gasteiger partial charge in [0.15, 0.2) is 0 Å². The van der Waals surface area contributed by atoms with E-state index in [-0.39, 0.29) is 12.1 Å². The van der Waals surface area contributed by atoms with Crippen LogP contribution in [0.15, 0.2) is 63.6 Å².